The summed E-state index contributed by atoms with van der Waals surface area (Å²) in [5, 5.41) is 0. The van der Waals surface area contributed by atoms with Crippen molar-refractivity contribution in [2.75, 3.05) is 39.5 Å². The van der Waals surface area contributed by atoms with Crippen molar-refractivity contribution in [1.29, 1.82) is 0 Å². The second-order valence-corrected chi connectivity index (χ2v) is 4.08. The van der Waals surface area contributed by atoms with Gasteiger partial charge in [-0.15, -0.1) is 0 Å². The molecule has 0 amide bonds. The van der Waals surface area contributed by atoms with Gasteiger partial charge in [-0.25, -0.2) is 0 Å². The van der Waals surface area contributed by atoms with E-state index in [0.717, 1.165) is 26.4 Å². The average Bonchev–Trinajstić information content (AvgIpc) is 2.63. The fraction of sp³-hybridized carbons (Fsp3) is 1.00. The zero-order valence-corrected chi connectivity index (χ0v) is 9.50. The quantitative estimate of drug-likeness (QED) is 0.583. The first-order valence-electron chi connectivity index (χ1n) is 5.71. The Morgan fingerprint density at radius 1 is 1.07 bits per heavy atom. The number of rotatable bonds is 7. The molecule has 0 saturated carbocycles. The highest BCUT2D eigenvalue weighted by Gasteiger charge is 2.09. The molecule has 0 N–H and O–H groups in total. The minimum absolute atomic E-state index is 0.317. The molecule has 1 saturated heterocycles. The lowest BCUT2D eigenvalue weighted by molar-refractivity contribution is 0.0153. The minimum atomic E-state index is 0.317. The molecule has 0 aromatic rings. The molecular formula is C11H23NO2. The van der Waals surface area contributed by atoms with Gasteiger partial charge in [0.2, 0.25) is 0 Å². The summed E-state index contributed by atoms with van der Waals surface area (Å²) in [5.41, 5.74) is 0. The largest absolute Gasteiger partial charge is 0.378 e. The molecule has 0 aromatic heterocycles. The summed E-state index contributed by atoms with van der Waals surface area (Å²) < 4.78 is 10.9. The molecule has 1 rings (SSSR count). The van der Waals surface area contributed by atoms with E-state index in [0.29, 0.717) is 6.10 Å². The second kappa shape index (κ2) is 7.21. The van der Waals surface area contributed by atoms with Crippen LogP contribution in [0.3, 0.4) is 0 Å². The van der Waals surface area contributed by atoms with Gasteiger partial charge in [-0.3, -0.25) is 0 Å². The summed E-state index contributed by atoms with van der Waals surface area (Å²) in [6.45, 7) is 9.99. The molecular weight excluding hydrogens is 178 g/mol. The van der Waals surface area contributed by atoms with Gasteiger partial charge >= 0.3 is 0 Å². The van der Waals surface area contributed by atoms with Crippen LogP contribution in [-0.2, 0) is 9.47 Å². The number of nitrogens with zero attached hydrogens (tertiary/aromatic N) is 1. The molecule has 0 radical (unpaired) electrons. The highest BCUT2D eigenvalue weighted by atomic mass is 16.5. The third-order valence-corrected chi connectivity index (χ3v) is 2.43. The Balaban J connectivity index is 1.79. The highest BCUT2D eigenvalue weighted by Crippen LogP contribution is 2.05. The van der Waals surface area contributed by atoms with Gasteiger partial charge in [0, 0.05) is 6.54 Å². The maximum atomic E-state index is 5.48. The van der Waals surface area contributed by atoms with E-state index in [1.54, 1.807) is 0 Å². The van der Waals surface area contributed by atoms with E-state index in [9.17, 15) is 0 Å². The summed E-state index contributed by atoms with van der Waals surface area (Å²) in [6, 6.07) is 0. The Morgan fingerprint density at radius 3 is 2.43 bits per heavy atom. The van der Waals surface area contributed by atoms with E-state index in [2.05, 4.69) is 4.90 Å². The normalized spacial score (nSPS) is 18.2. The van der Waals surface area contributed by atoms with Gasteiger partial charge in [0.25, 0.3) is 0 Å². The molecule has 0 atom stereocenters. The van der Waals surface area contributed by atoms with Crippen LogP contribution in [0.25, 0.3) is 0 Å². The molecule has 1 aliphatic heterocycles. The first-order chi connectivity index (χ1) is 6.79. The van der Waals surface area contributed by atoms with Crippen molar-refractivity contribution in [1.82, 2.24) is 4.90 Å². The van der Waals surface area contributed by atoms with Gasteiger partial charge in [-0.1, -0.05) is 0 Å². The van der Waals surface area contributed by atoms with Crippen molar-refractivity contribution in [3.63, 3.8) is 0 Å². The van der Waals surface area contributed by atoms with Gasteiger partial charge in [-0.05, 0) is 39.8 Å². The van der Waals surface area contributed by atoms with Crippen molar-refractivity contribution >= 4 is 0 Å². The Bertz CT molecular complexity index is 133. The van der Waals surface area contributed by atoms with E-state index in [1.165, 1.54) is 25.9 Å². The predicted molar refractivity (Wildman–Crippen MR) is 57.6 cm³/mol. The molecule has 0 spiro atoms. The predicted octanol–water partition coefficient (Wildman–Crippen LogP) is 1.52. The lowest BCUT2D eigenvalue weighted by Crippen LogP contribution is -2.24. The van der Waals surface area contributed by atoms with Crippen LogP contribution in [0, 0.1) is 0 Å². The first kappa shape index (κ1) is 12.0. The van der Waals surface area contributed by atoms with Crippen LogP contribution in [-0.4, -0.2) is 50.5 Å². The Morgan fingerprint density at radius 2 is 1.79 bits per heavy atom. The van der Waals surface area contributed by atoms with E-state index in [4.69, 9.17) is 9.47 Å². The summed E-state index contributed by atoms with van der Waals surface area (Å²) in [4.78, 5) is 2.46. The fourth-order valence-corrected chi connectivity index (χ4v) is 1.64. The average molecular weight is 201 g/mol. The smallest absolute Gasteiger partial charge is 0.0703 e. The van der Waals surface area contributed by atoms with Crippen LogP contribution >= 0.6 is 0 Å². The SMILES string of the molecule is CC(C)OCCOCCN1CCCC1. The molecule has 0 aromatic carbocycles. The third-order valence-electron chi connectivity index (χ3n) is 2.43. The molecule has 1 fully saturated rings. The number of hydrogen-bond acceptors (Lipinski definition) is 3. The Kier molecular flexibility index (Phi) is 6.15. The summed E-state index contributed by atoms with van der Waals surface area (Å²) in [6.07, 6.45) is 3.03. The molecule has 0 unspecified atom stereocenters. The van der Waals surface area contributed by atoms with Gasteiger partial charge in [0.15, 0.2) is 0 Å². The lowest BCUT2D eigenvalue weighted by atomic mass is 10.4. The van der Waals surface area contributed by atoms with Crippen LogP contribution < -0.4 is 0 Å². The van der Waals surface area contributed by atoms with Crippen molar-refractivity contribution in [3.8, 4) is 0 Å². The third kappa shape index (κ3) is 5.58. The molecule has 3 heteroatoms. The topological polar surface area (TPSA) is 21.7 Å². The molecule has 14 heavy (non-hydrogen) atoms. The maximum absolute atomic E-state index is 5.48. The van der Waals surface area contributed by atoms with E-state index in [1.807, 2.05) is 13.8 Å². The van der Waals surface area contributed by atoms with E-state index >= 15 is 0 Å². The molecule has 1 heterocycles. The van der Waals surface area contributed by atoms with Gasteiger partial charge < -0.3 is 14.4 Å². The zero-order chi connectivity index (χ0) is 10.2. The summed E-state index contributed by atoms with van der Waals surface area (Å²) in [5.74, 6) is 0. The highest BCUT2D eigenvalue weighted by molar-refractivity contribution is 4.64. The maximum Gasteiger partial charge on any atom is 0.0703 e. The first-order valence-corrected chi connectivity index (χ1v) is 5.71. The fourth-order valence-electron chi connectivity index (χ4n) is 1.64. The van der Waals surface area contributed by atoms with E-state index < -0.39 is 0 Å². The van der Waals surface area contributed by atoms with Gasteiger partial charge in [0.1, 0.15) is 0 Å². The molecule has 3 nitrogen and oxygen atoms in total. The lowest BCUT2D eigenvalue weighted by Gasteiger charge is -2.14. The second-order valence-electron chi connectivity index (χ2n) is 4.08. The number of ether oxygens (including phenoxy) is 2. The van der Waals surface area contributed by atoms with Crippen LogP contribution in [0.4, 0.5) is 0 Å². The summed E-state index contributed by atoms with van der Waals surface area (Å²) >= 11 is 0. The molecule has 84 valence electrons. The van der Waals surface area contributed by atoms with Crippen molar-refractivity contribution in [2.45, 2.75) is 32.8 Å². The molecule has 0 bridgehead atoms. The van der Waals surface area contributed by atoms with Crippen LogP contribution in [0.2, 0.25) is 0 Å². The monoisotopic (exact) mass is 201 g/mol. The van der Waals surface area contributed by atoms with Crippen molar-refractivity contribution in [3.05, 3.63) is 0 Å². The minimum Gasteiger partial charge on any atom is -0.378 e. The van der Waals surface area contributed by atoms with Gasteiger partial charge in [-0.2, -0.15) is 0 Å². The molecule has 0 aliphatic carbocycles. The number of hydrogen-bond donors (Lipinski definition) is 0. The zero-order valence-electron chi connectivity index (χ0n) is 9.50. The van der Waals surface area contributed by atoms with E-state index in [-0.39, 0.29) is 0 Å². The van der Waals surface area contributed by atoms with Crippen LogP contribution in [0.1, 0.15) is 26.7 Å². The summed E-state index contributed by atoms with van der Waals surface area (Å²) in [7, 11) is 0. The Labute approximate surface area is 87.4 Å². The van der Waals surface area contributed by atoms with Gasteiger partial charge in [0.05, 0.1) is 25.9 Å². The standard InChI is InChI=1S/C11H23NO2/c1-11(2)14-10-9-13-8-7-12-5-3-4-6-12/h11H,3-10H2,1-2H3. The number of likely N-dealkylation sites (tertiary alicyclic amines) is 1. The van der Waals surface area contributed by atoms with Crippen LogP contribution in [0.15, 0.2) is 0 Å². The Hall–Kier alpha value is -0.120. The molecule has 1 aliphatic rings. The van der Waals surface area contributed by atoms with Crippen molar-refractivity contribution < 1.29 is 9.47 Å². The van der Waals surface area contributed by atoms with Crippen molar-refractivity contribution in [2.24, 2.45) is 0 Å². The van der Waals surface area contributed by atoms with Crippen LogP contribution in [0.5, 0.6) is 0 Å².